The minimum absolute atomic E-state index is 0.237. The molecule has 1 aliphatic heterocycles. The number of amides is 1. The standard InChI is InChI=1S/C12H11BrFNO4/c13-7-5-6(1-2-8(7)14)15-11(16)9-3-4-10(19-9)12(17)18/h1-2,5,9-10H,3-4H2,(H,15,16)(H,17,18)/t9-,10+/m0/s1. The molecule has 0 saturated carbocycles. The molecule has 0 bridgehead atoms. The van der Waals surface area contributed by atoms with Crippen molar-refractivity contribution in [1.29, 1.82) is 0 Å². The van der Waals surface area contributed by atoms with Crippen LogP contribution in [0.1, 0.15) is 12.8 Å². The summed E-state index contributed by atoms with van der Waals surface area (Å²) in [6.07, 6.45) is -1.06. The Morgan fingerprint density at radius 1 is 1.37 bits per heavy atom. The molecule has 0 radical (unpaired) electrons. The van der Waals surface area contributed by atoms with Gasteiger partial charge in [0, 0.05) is 5.69 Å². The van der Waals surface area contributed by atoms with Gasteiger partial charge in [0.2, 0.25) is 0 Å². The van der Waals surface area contributed by atoms with Crippen LogP contribution in [-0.4, -0.2) is 29.2 Å². The Bertz CT molecular complexity index is 522. The zero-order valence-electron chi connectivity index (χ0n) is 9.73. The number of hydrogen-bond acceptors (Lipinski definition) is 3. The highest BCUT2D eigenvalue weighted by atomic mass is 79.9. The summed E-state index contributed by atoms with van der Waals surface area (Å²) in [5, 5.41) is 11.3. The number of anilines is 1. The molecular formula is C12H11BrFNO4. The molecule has 5 nitrogen and oxygen atoms in total. The number of benzene rings is 1. The van der Waals surface area contributed by atoms with E-state index >= 15 is 0 Å². The second kappa shape index (κ2) is 5.66. The van der Waals surface area contributed by atoms with E-state index in [1.165, 1.54) is 18.2 Å². The molecule has 1 heterocycles. The number of ether oxygens (including phenoxy) is 1. The molecule has 0 aromatic heterocycles. The van der Waals surface area contributed by atoms with Gasteiger partial charge >= 0.3 is 5.97 Å². The monoisotopic (exact) mass is 331 g/mol. The van der Waals surface area contributed by atoms with E-state index in [-0.39, 0.29) is 4.47 Å². The molecule has 2 atom stereocenters. The van der Waals surface area contributed by atoms with Crippen LogP contribution >= 0.6 is 15.9 Å². The largest absolute Gasteiger partial charge is 0.479 e. The number of hydrogen-bond donors (Lipinski definition) is 2. The van der Waals surface area contributed by atoms with Crippen molar-refractivity contribution >= 4 is 33.5 Å². The summed E-state index contributed by atoms with van der Waals surface area (Å²) in [6.45, 7) is 0. The first kappa shape index (κ1) is 14.0. The van der Waals surface area contributed by atoms with Crippen molar-refractivity contribution in [2.24, 2.45) is 0 Å². The molecule has 2 N–H and O–H groups in total. The van der Waals surface area contributed by atoms with Gasteiger partial charge in [-0.2, -0.15) is 0 Å². The highest BCUT2D eigenvalue weighted by Gasteiger charge is 2.34. The van der Waals surface area contributed by atoms with Crippen molar-refractivity contribution in [3.63, 3.8) is 0 Å². The third-order valence-corrected chi connectivity index (χ3v) is 3.38. The maximum absolute atomic E-state index is 13.0. The molecule has 0 spiro atoms. The summed E-state index contributed by atoms with van der Waals surface area (Å²) in [5.41, 5.74) is 0.417. The quantitative estimate of drug-likeness (QED) is 0.889. The summed E-state index contributed by atoms with van der Waals surface area (Å²) >= 11 is 3.01. The van der Waals surface area contributed by atoms with E-state index in [0.29, 0.717) is 18.5 Å². The molecule has 7 heteroatoms. The number of carboxylic acids is 1. The van der Waals surface area contributed by atoms with E-state index in [1.54, 1.807) is 0 Å². The lowest BCUT2D eigenvalue weighted by Crippen LogP contribution is -2.29. The Morgan fingerprint density at radius 3 is 2.63 bits per heavy atom. The van der Waals surface area contributed by atoms with Crippen molar-refractivity contribution in [3.05, 3.63) is 28.5 Å². The van der Waals surface area contributed by atoms with Gasteiger partial charge in [0.1, 0.15) is 11.9 Å². The summed E-state index contributed by atoms with van der Waals surface area (Å²) in [4.78, 5) is 22.5. The zero-order valence-corrected chi connectivity index (χ0v) is 11.3. The topological polar surface area (TPSA) is 75.6 Å². The molecule has 1 aromatic rings. The first-order valence-corrected chi connectivity index (χ1v) is 6.41. The SMILES string of the molecule is O=C(Nc1ccc(F)c(Br)c1)[C@@H]1CC[C@H](C(=O)O)O1. The van der Waals surface area contributed by atoms with Crippen LogP contribution < -0.4 is 5.32 Å². The van der Waals surface area contributed by atoms with E-state index in [2.05, 4.69) is 21.2 Å². The van der Waals surface area contributed by atoms with Crippen LogP contribution in [0.2, 0.25) is 0 Å². The van der Waals surface area contributed by atoms with Crippen LogP contribution in [0.15, 0.2) is 22.7 Å². The van der Waals surface area contributed by atoms with Gasteiger partial charge in [-0.15, -0.1) is 0 Å². The molecule has 0 unspecified atom stereocenters. The third-order valence-electron chi connectivity index (χ3n) is 2.77. The average Bonchev–Trinajstić information content (AvgIpc) is 2.83. The number of carbonyl (C=O) groups excluding carboxylic acids is 1. The van der Waals surface area contributed by atoms with Gasteiger partial charge in [-0.3, -0.25) is 4.79 Å². The van der Waals surface area contributed by atoms with Gasteiger partial charge in [0.15, 0.2) is 6.10 Å². The van der Waals surface area contributed by atoms with Crippen LogP contribution in [0, 0.1) is 5.82 Å². The normalized spacial score (nSPS) is 22.2. The van der Waals surface area contributed by atoms with Gasteiger partial charge < -0.3 is 15.2 Å². The van der Waals surface area contributed by atoms with E-state index in [0.717, 1.165) is 0 Å². The molecule has 1 amide bonds. The molecule has 102 valence electrons. The van der Waals surface area contributed by atoms with E-state index in [9.17, 15) is 14.0 Å². The minimum atomic E-state index is -1.07. The molecule has 1 aliphatic rings. The Labute approximate surface area is 116 Å². The van der Waals surface area contributed by atoms with Gasteiger partial charge in [-0.1, -0.05) is 0 Å². The fourth-order valence-corrected chi connectivity index (χ4v) is 2.19. The molecule has 1 aromatic carbocycles. The van der Waals surface area contributed by atoms with E-state index in [1.807, 2.05) is 0 Å². The average molecular weight is 332 g/mol. The van der Waals surface area contributed by atoms with Crippen LogP contribution in [0.3, 0.4) is 0 Å². The molecular weight excluding hydrogens is 321 g/mol. The lowest BCUT2D eigenvalue weighted by molar-refractivity contribution is -0.150. The third kappa shape index (κ3) is 3.30. The fraction of sp³-hybridized carbons (Fsp3) is 0.333. The van der Waals surface area contributed by atoms with E-state index < -0.39 is 29.9 Å². The predicted octanol–water partition coefficient (Wildman–Crippen LogP) is 2.16. The molecule has 2 rings (SSSR count). The number of carbonyl (C=O) groups is 2. The number of nitrogens with one attached hydrogen (secondary N) is 1. The number of carboxylic acid groups (broad SMARTS) is 1. The van der Waals surface area contributed by atoms with Gasteiger partial charge in [0.25, 0.3) is 5.91 Å². The number of halogens is 2. The van der Waals surface area contributed by atoms with Crippen LogP contribution in [0.4, 0.5) is 10.1 Å². The van der Waals surface area contributed by atoms with Crippen LogP contribution in [0.25, 0.3) is 0 Å². The first-order chi connectivity index (χ1) is 8.97. The molecule has 1 fully saturated rings. The Morgan fingerprint density at radius 2 is 2.05 bits per heavy atom. The Kier molecular flexibility index (Phi) is 4.16. The fourth-order valence-electron chi connectivity index (χ4n) is 1.81. The number of aliphatic carboxylic acids is 1. The lowest BCUT2D eigenvalue weighted by Gasteiger charge is -2.12. The summed E-state index contributed by atoms with van der Waals surface area (Å²) < 4.78 is 18.4. The number of rotatable bonds is 3. The van der Waals surface area contributed by atoms with Crippen molar-refractivity contribution in [2.45, 2.75) is 25.0 Å². The summed E-state index contributed by atoms with van der Waals surface area (Å²) in [5.74, 6) is -1.93. The minimum Gasteiger partial charge on any atom is -0.479 e. The highest BCUT2D eigenvalue weighted by Crippen LogP contribution is 2.23. The molecule has 0 aliphatic carbocycles. The van der Waals surface area contributed by atoms with Gasteiger partial charge in [0.05, 0.1) is 4.47 Å². The van der Waals surface area contributed by atoms with Crippen molar-refractivity contribution in [1.82, 2.24) is 0 Å². The smallest absolute Gasteiger partial charge is 0.332 e. The second-order valence-electron chi connectivity index (χ2n) is 4.15. The predicted molar refractivity (Wildman–Crippen MR) is 68.3 cm³/mol. The van der Waals surface area contributed by atoms with Gasteiger partial charge in [-0.25, -0.2) is 9.18 Å². The molecule has 19 heavy (non-hydrogen) atoms. The van der Waals surface area contributed by atoms with E-state index in [4.69, 9.17) is 9.84 Å². The van der Waals surface area contributed by atoms with Gasteiger partial charge in [-0.05, 0) is 47.0 Å². The van der Waals surface area contributed by atoms with Crippen molar-refractivity contribution in [3.8, 4) is 0 Å². The van der Waals surface area contributed by atoms with Crippen molar-refractivity contribution in [2.75, 3.05) is 5.32 Å². The Hall–Kier alpha value is -1.47. The van der Waals surface area contributed by atoms with Crippen molar-refractivity contribution < 1.29 is 23.8 Å². The first-order valence-electron chi connectivity index (χ1n) is 5.61. The highest BCUT2D eigenvalue weighted by molar-refractivity contribution is 9.10. The Balaban J connectivity index is 1.98. The summed E-state index contributed by atoms with van der Waals surface area (Å²) in [6, 6.07) is 4.06. The summed E-state index contributed by atoms with van der Waals surface area (Å²) in [7, 11) is 0. The second-order valence-corrected chi connectivity index (χ2v) is 5.00. The van der Waals surface area contributed by atoms with Crippen LogP contribution in [0.5, 0.6) is 0 Å². The molecule has 1 saturated heterocycles. The van der Waals surface area contributed by atoms with Crippen LogP contribution in [-0.2, 0) is 14.3 Å². The maximum Gasteiger partial charge on any atom is 0.332 e. The lowest BCUT2D eigenvalue weighted by atomic mass is 10.2. The zero-order chi connectivity index (χ0) is 14.0. The maximum atomic E-state index is 13.0.